The Kier molecular flexibility index (Phi) is 5.43. The van der Waals surface area contributed by atoms with Gasteiger partial charge in [0, 0.05) is 11.6 Å². The molecule has 2 aromatic carbocycles. The number of aromatic hydroxyl groups is 2. The standard InChI is InChI=1S/C16H16ClN3O3/c1-10(12-7-6-11(21)8-15(12)22)19-20-16(23)9-18-14-5-3-2-4-13(14)17/h2-8,18,21-22H,9H2,1H3,(H,20,23). The first-order valence-electron chi connectivity index (χ1n) is 6.81. The second-order valence-electron chi connectivity index (χ2n) is 4.77. The molecule has 7 heteroatoms. The molecule has 23 heavy (non-hydrogen) atoms. The van der Waals surface area contributed by atoms with Gasteiger partial charge in [0.2, 0.25) is 0 Å². The summed E-state index contributed by atoms with van der Waals surface area (Å²) in [4.78, 5) is 11.8. The summed E-state index contributed by atoms with van der Waals surface area (Å²) in [7, 11) is 0. The zero-order valence-electron chi connectivity index (χ0n) is 12.4. The van der Waals surface area contributed by atoms with Crippen LogP contribution in [0.4, 0.5) is 5.69 Å². The van der Waals surface area contributed by atoms with E-state index in [4.69, 9.17) is 11.6 Å². The average molecular weight is 334 g/mol. The van der Waals surface area contributed by atoms with Gasteiger partial charge >= 0.3 is 0 Å². The monoisotopic (exact) mass is 333 g/mol. The maximum atomic E-state index is 11.8. The van der Waals surface area contributed by atoms with Crippen LogP contribution in [0.1, 0.15) is 12.5 Å². The summed E-state index contributed by atoms with van der Waals surface area (Å²) in [6, 6.07) is 11.2. The van der Waals surface area contributed by atoms with Crippen LogP contribution in [0.3, 0.4) is 0 Å². The predicted molar refractivity (Wildman–Crippen MR) is 90.1 cm³/mol. The highest BCUT2D eigenvalue weighted by Crippen LogP contribution is 2.23. The molecule has 0 saturated heterocycles. The molecule has 0 aliphatic heterocycles. The van der Waals surface area contributed by atoms with Crippen LogP contribution in [-0.2, 0) is 4.79 Å². The molecule has 0 radical (unpaired) electrons. The summed E-state index contributed by atoms with van der Waals surface area (Å²) in [5.41, 5.74) is 3.87. The Morgan fingerprint density at radius 2 is 1.96 bits per heavy atom. The van der Waals surface area contributed by atoms with Crippen LogP contribution in [-0.4, -0.2) is 28.4 Å². The lowest BCUT2D eigenvalue weighted by molar-refractivity contribution is -0.119. The summed E-state index contributed by atoms with van der Waals surface area (Å²) in [5, 5.41) is 26.3. The van der Waals surface area contributed by atoms with Gasteiger partial charge < -0.3 is 15.5 Å². The molecule has 1 amide bonds. The van der Waals surface area contributed by atoms with Crippen LogP contribution < -0.4 is 10.7 Å². The third kappa shape index (κ3) is 4.62. The van der Waals surface area contributed by atoms with Gasteiger partial charge in [-0.05, 0) is 31.2 Å². The number of hydrogen-bond acceptors (Lipinski definition) is 5. The third-order valence-electron chi connectivity index (χ3n) is 3.03. The number of phenolic OH excluding ortho intramolecular Hbond substituents is 2. The minimum Gasteiger partial charge on any atom is -0.508 e. The number of nitrogens with one attached hydrogen (secondary N) is 2. The lowest BCUT2D eigenvalue weighted by atomic mass is 10.1. The third-order valence-corrected chi connectivity index (χ3v) is 3.36. The number of nitrogens with zero attached hydrogens (tertiary/aromatic N) is 1. The van der Waals surface area contributed by atoms with Crippen LogP contribution in [0.2, 0.25) is 5.02 Å². The van der Waals surface area contributed by atoms with E-state index in [0.29, 0.717) is 22.0 Å². The first-order chi connectivity index (χ1) is 11.0. The Labute approximate surface area is 138 Å². The maximum absolute atomic E-state index is 11.8. The van der Waals surface area contributed by atoms with Gasteiger partial charge in [0.25, 0.3) is 5.91 Å². The van der Waals surface area contributed by atoms with Crippen LogP contribution in [0.25, 0.3) is 0 Å². The molecule has 0 fully saturated rings. The fourth-order valence-corrected chi connectivity index (χ4v) is 2.05. The van der Waals surface area contributed by atoms with E-state index in [1.54, 1.807) is 25.1 Å². The van der Waals surface area contributed by atoms with Gasteiger partial charge in [-0.3, -0.25) is 4.79 Å². The smallest absolute Gasteiger partial charge is 0.259 e. The Morgan fingerprint density at radius 1 is 1.22 bits per heavy atom. The summed E-state index contributed by atoms with van der Waals surface area (Å²) >= 11 is 5.98. The number of rotatable bonds is 5. The highest BCUT2D eigenvalue weighted by Gasteiger charge is 2.07. The molecule has 2 rings (SSSR count). The van der Waals surface area contributed by atoms with E-state index < -0.39 is 0 Å². The van der Waals surface area contributed by atoms with Crippen molar-refractivity contribution in [2.45, 2.75) is 6.92 Å². The number of para-hydroxylation sites is 1. The van der Waals surface area contributed by atoms with Crippen LogP contribution in [0.5, 0.6) is 11.5 Å². The number of phenols is 2. The van der Waals surface area contributed by atoms with E-state index in [2.05, 4.69) is 15.8 Å². The number of carbonyl (C=O) groups excluding carboxylic acids is 1. The Morgan fingerprint density at radius 3 is 2.65 bits per heavy atom. The van der Waals surface area contributed by atoms with Crippen LogP contribution >= 0.6 is 11.6 Å². The van der Waals surface area contributed by atoms with Crippen molar-refractivity contribution in [2.75, 3.05) is 11.9 Å². The molecule has 0 aromatic heterocycles. The van der Waals surface area contributed by atoms with Crippen molar-refractivity contribution in [3.05, 3.63) is 53.1 Å². The molecule has 0 spiro atoms. The molecular weight excluding hydrogens is 318 g/mol. The normalized spacial score (nSPS) is 11.1. The van der Waals surface area contributed by atoms with Crippen molar-refractivity contribution in [1.82, 2.24) is 5.43 Å². The molecule has 0 aliphatic rings. The summed E-state index contributed by atoms with van der Waals surface area (Å²) in [5.74, 6) is -0.524. The number of halogens is 1. The van der Waals surface area contributed by atoms with Crippen LogP contribution in [0, 0.1) is 0 Å². The SMILES string of the molecule is CC(=NNC(=O)CNc1ccccc1Cl)c1ccc(O)cc1O. The number of hydrogen-bond donors (Lipinski definition) is 4. The predicted octanol–water partition coefficient (Wildman–Crippen LogP) is 2.70. The second-order valence-corrected chi connectivity index (χ2v) is 5.17. The lowest BCUT2D eigenvalue weighted by Crippen LogP contribution is -2.26. The summed E-state index contributed by atoms with van der Waals surface area (Å²) in [6.07, 6.45) is 0. The van der Waals surface area contributed by atoms with E-state index in [9.17, 15) is 15.0 Å². The number of amides is 1. The van der Waals surface area contributed by atoms with E-state index in [0.717, 1.165) is 0 Å². The Hall–Kier alpha value is -2.73. The fraction of sp³-hybridized carbons (Fsp3) is 0.125. The molecular formula is C16H16ClN3O3. The molecule has 6 nitrogen and oxygen atoms in total. The van der Waals surface area contributed by atoms with Gasteiger partial charge in [0.1, 0.15) is 11.5 Å². The van der Waals surface area contributed by atoms with Crippen molar-refractivity contribution in [2.24, 2.45) is 5.10 Å². The first kappa shape index (κ1) is 16.6. The number of hydrazone groups is 1. The molecule has 0 saturated carbocycles. The maximum Gasteiger partial charge on any atom is 0.259 e. The highest BCUT2D eigenvalue weighted by atomic mass is 35.5. The molecule has 0 heterocycles. The number of carbonyl (C=O) groups is 1. The highest BCUT2D eigenvalue weighted by molar-refractivity contribution is 6.33. The molecule has 120 valence electrons. The minimum atomic E-state index is -0.359. The van der Waals surface area contributed by atoms with E-state index in [-0.39, 0.29) is 24.0 Å². The van der Waals surface area contributed by atoms with Gasteiger partial charge in [-0.1, -0.05) is 23.7 Å². The quantitative estimate of drug-likeness (QED) is 0.500. The lowest BCUT2D eigenvalue weighted by Gasteiger charge is -2.08. The Bertz CT molecular complexity index is 747. The summed E-state index contributed by atoms with van der Waals surface area (Å²) in [6.45, 7) is 1.63. The van der Waals surface area contributed by atoms with Crippen LogP contribution in [0.15, 0.2) is 47.6 Å². The second kappa shape index (κ2) is 7.51. The van der Waals surface area contributed by atoms with Gasteiger partial charge in [0.15, 0.2) is 0 Å². The molecule has 0 aliphatic carbocycles. The molecule has 0 unspecified atom stereocenters. The van der Waals surface area contributed by atoms with Gasteiger partial charge in [-0.2, -0.15) is 5.10 Å². The van der Waals surface area contributed by atoms with E-state index >= 15 is 0 Å². The Balaban J connectivity index is 1.94. The van der Waals surface area contributed by atoms with Gasteiger partial charge in [0.05, 0.1) is 23.0 Å². The zero-order chi connectivity index (χ0) is 16.8. The van der Waals surface area contributed by atoms with Gasteiger partial charge in [-0.15, -0.1) is 0 Å². The molecule has 0 bridgehead atoms. The van der Waals surface area contributed by atoms with Crippen molar-refractivity contribution in [1.29, 1.82) is 0 Å². The summed E-state index contributed by atoms with van der Waals surface area (Å²) < 4.78 is 0. The number of benzene rings is 2. The largest absolute Gasteiger partial charge is 0.508 e. The van der Waals surface area contributed by atoms with E-state index in [1.807, 2.05) is 6.07 Å². The zero-order valence-corrected chi connectivity index (χ0v) is 13.1. The molecule has 2 aromatic rings. The van der Waals surface area contributed by atoms with Crippen molar-refractivity contribution in [3.63, 3.8) is 0 Å². The first-order valence-corrected chi connectivity index (χ1v) is 7.19. The molecule has 4 N–H and O–H groups in total. The van der Waals surface area contributed by atoms with Crippen molar-refractivity contribution >= 4 is 28.9 Å². The number of anilines is 1. The molecule has 0 atom stereocenters. The van der Waals surface area contributed by atoms with Gasteiger partial charge in [-0.25, -0.2) is 5.43 Å². The van der Waals surface area contributed by atoms with E-state index in [1.165, 1.54) is 18.2 Å². The average Bonchev–Trinajstić information content (AvgIpc) is 2.52. The topological polar surface area (TPSA) is 94.0 Å². The van der Waals surface area contributed by atoms with Crippen molar-refractivity contribution in [3.8, 4) is 11.5 Å². The van der Waals surface area contributed by atoms with Crippen molar-refractivity contribution < 1.29 is 15.0 Å². The fourth-order valence-electron chi connectivity index (χ4n) is 1.85. The minimum absolute atomic E-state index is 0.00206.